The van der Waals surface area contributed by atoms with E-state index in [2.05, 4.69) is 0 Å². The van der Waals surface area contributed by atoms with E-state index >= 15 is 0 Å². The van der Waals surface area contributed by atoms with Gasteiger partial charge in [-0.3, -0.25) is 9.59 Å². The summed E-state index contributed by atoms with van der Waals surface area (Å²) in [6.45, 7) is 0. The molecule has 2 saturated carbocycles. The summed E-state index contributed by atoms with van der Waals surface area (Å²) < 4.78 is 0. The van der Waals surface area contributed by atoms with Gasteiger partial charge in [-0.1, -0.05) is 50.3 Å². The molecule has 0 bridgehead atoms. The van der Waals surface area contributed by atoms with E-state index in [-0.39, 0.29) is 11.9 Å². The van der Waals surface area contributed by atoms with Gasteiger partial charge >= 0.3 is 5.97 Å². The van der Waals surface area contributed by atoms with Crippen LogP contribution in [0.4, 0.5) is 0 Å². The molecule has 0 unspecified atom stereocenters. The van der Waals surface area contributed by atoms with Crippen molar-refractivity contribution in [2.24, 2.45) is 0 Å². The zero-order valence-corrected chi connectivity index (χ0v) is 14.0. The van der Waals surface area contributed by atoms with Crippen molar-refractivity contribution in [2.75, 3.05) is 0 Å². The minimum atomic E-state index is -0.780. The van der Waals surface area contributed by atoms with Gasteiger partial charge in [-0.2, -0.15) is 0 Å². The predicted molar refractivity (Wildman–Crippen MR) is 91.1 cm³/mol. The second kappa shape index (κ2) is 5.91. The molecule has 1 amide bonds. The smallest absolute Gasteiger partial charge is 0.313 e. The largest absolute Gasteiger partial charge is 0.481 e. The van der Waals surface area contributed by atoms with Gasteiger partial charge in [0.25, 0.3) is 5.91 Å². The molecule has 0 aromatic heterocycles. The van der Waals surface area contributed by atoms with Gasteiger partial charge < -0.3 is 10.0 Å². The number of benzene rings is 1. The molecule has 1 aromatic carbocycles. The zero-order valence-electron chi connectivity index (χ0n) is 14.0. The number of rotatable bonds is 2. The van der Waals surface area contributed by atoms with Gasteiger partial charge in [0.1, 0.15) is 5.92 Å². The third kappa shape index (κ3) is 2.19. The second-order valence-electron chi connectivity index (χ2n) is 7.64. The standard InChI is InChI=1S/C20H25NO3/c22-18-16-11-5-4-10-15(16)17(19(23)24)20(12-6-7-13-20)21(18)14-8-2-1-3-9-14/h4-5,10-11,14,17H,1-3,6-9,12-13H2,(H,23,24)/t17-/m1/s1. The summed E-state index contributed by atoms with van der Waals surface area (Å²) in [6.07, 6.45) is 9.22. The molecule has 1 aromatic rings. The van der Waals surface area contributed by atoms with Crippen LogP contribution in [0.25, 0.3) is 0 Å². The van der Waals surface area contributed by atoms with Crippen molar-refractivity contribution >= 4 is 11.9 Å². The Morgan fingerprint density at radius 1 is 1.04 bits per heavy atom. The van der Waals surface area contributed by atoms with Crippen LogP contribution in [-0.4, -0.2) is 33.5 Å². The topological polar surface area (TPSA) is 57.6 Å². The fourth-order valence-corrected chi connectivity index (χ4v) is 5.45. The lowest BCUT2D eigenvalue weighted by molar-refractivity contribution is -0.143. The Morgan fingerprint density at radius 2 is 1.71 bits per heavy atom. The molecule has 0 radical (unpaired) electrons. The Bertz CT molecular complexity index is 657. The van der Waals surface area contributed by atoms with Crippen LogP contribution in [0.1, 0.15) is 79.6 Å². The van der Waals surface area contributed by atoms with Crippen molar-refractivity contribution < 1.29 is 14.7 Å². The average Bonchev–Trinajstić information content (AvgIpc) is 3.05. The van der Waals surface area contributed by atoms with Crippen LogP contribution >= 0.6 is 0 Å². The maximum atomic E-state index is 13.4. The van der Waals surface area contributed by atoms with Gasteiger partial charge in [0.2, 0.25) is 0 Å². The summed E-state index contributed by atoms with van der Waals surface area (Å²) in [5, 5.41) is 10.1. The first-order valence-electron chi connectivity index (χ1n) is 9.30. The van der Waals surface area contributed by atoms with Crippen LogP contribution in [0.3, 0.4) is 0 Å². The third-order valence-corrected chi connectivity index (χ3v) is 6.39. The normalized spacial score (nSPS) is 26.6. The summed E-state index contributed by atoms with van der Waals surface area (Å²) in [6, 6.07) is 7.58. The first kappa shape index (κ1) is 15.7. The van der Waals surface area contributed by atoms with E-state index in [0.29, 0.717) is 5.56 Å². The number of carbonyl (C=O) groups is 2. The molecule has 4 nitrogen and oxygen atoms in total. The molecule has 1 N–H and O–H groups in total. The van der Waals surface area contributed by atoms with E-state index in [1.165, 1.54) is 6.42 Å². The summed E-state index contributed by atoms with van der Waals surface area (Å²) in [7, 11) is 0. The van der Waals surface area contributed by atoms with E-state index < -0.39 is 17.4 Å². The van der Waals surface area contributed by atoms with E-state index in [4.69, 9.17) is 0 Å². The fraction of sp³-hybridized carbons (Fsp3) is 0.600. The monoisotopic (exact) mass is 327 g/mol. The SMILES string of the molecule is O=C(O)[C@H]1c2ccccc2C(=O)N(C2CCCCC2)C12CCCC2. The number of nitrogens with zero attached hydrogens (tertiary/aromatic N) is 1. The highest BCUT2D eigenvalue weighted by atomic mass is 16.4. The highest BCUT2D eigenvalue weighted by Crippen LogP contribution is 2.52. The Hall–Kier alpha value is -1.84. The second-order valence-corrected chi connectivity index (χ2v) is 7.64. The molecule has 3 aliphatic rings. The molecule has 128 valence electrons. The van der Waals surface area contributed by atoms with Crippen molar-refractivity contribution in [1.29, 1.82) is 0 Å². The quantitative estimate of drug-likeness (QED) is 0.894. The lowest BCUT2D eigenvalue weighted by atomic mass is 9.70. The number of carboxylic acid groups (broad SMARTS) is 1. The van der Waals surface area contributed by atoms with Crippen molar-refractivity contribution in [3.05, 3.63) is 35.4 Å². The predicted octanol–water partition coefficient (Wildman–Crippen LogP) is 3.96. The molecular weight excluding hydrogens is 302 g/mol. The first-order chi connectivity index (χ1) is 11.6. The van der Waals surface area contributed by atoms with Crippen molar-refractivity contribution in [2.45, 2.75) is 75.3 Å². The average molecular weight is 327 g/mol. The van der Waals surface area contributed by atoms with Crippen LogP contribution in [0.2, 0.25) is 0 Å². The minimum absolute atomic E-state index is 0.0666. The summed E-state index contributed by atoms with van der Waals surface area (Å²) >= 11 is 0. The highest BCUT2D eigenvalue weighted by molar-refractivity contribution is 6.01. The van der Waals surface area contributed by atoms with E-state index in [0.717, 1.165) is 56.9 Å². The van der Waals surface area contributed by atoms with Crippen LogP contribution in [0, 0.1) is 0 Å². The van der Waals surface area contributed by atoms with Gasteiger partial charge in [-0.25, -0.2) is 0 Å². The van der Waals surface area contributed by atoms with Crippen molar-refractivity contribution in [3.63, 3.8) is 0 Å². The number of hydrogen-bond donors (Lipinski definition) is 1. The maximum Gasteiger partial charge on any atom is 0.313 e. The van der Waals surface area contributed by atoms with Crippen LogP contribution < -0.4 is 0 Å². The summed E-state index contributed by atoms with van der Waals surface area (Å²) in [4.78, 5) is 27.7. The molecular formula is C20H25NO3. The van der Waals surface area contributed by atoms with Gasteiger partial charge in [0.15, 0.2) is 0 Å². The van der Waals surface area contributed by atoms with E-state index in [1.807, 2.05) is 29.2 Å². The van der Waals surface area contributed by atoms with Crippen molar-refractivity contribution in [1.82, 2.24) is 4.90 Å². The molecule has 1 atom stereocenters. The van der Waals surface area contributed by atoms with Gasteiger partial charge in [-0.15, -0.1) is 0 Å². The lowest BCUT2D eigenvalue weighted by Gasteiger charge is -2.53. The number of fused-ring (bicyclic) bond motifs is 1. The zero-order chi connectivity index (χ0) is 16.7. The minimum Gasteiger partial charge on any atom is -0.481 e. The molecule has 2 fully saturated rings. The number of amides is 1. The maximum absolute atomic E-state index is 13.4. The van der Waals surface area contributed by atoms with Crippen LogP contribution in [0.5, 0.6) is 0 Å². The lowest BCUT2D eigenvalue weighted by Crippen LogP contribution is -2.62. The summed E-state index contributed by atoms with van der Waals surface area (Å²) in [5.74, 6) is -1.30. The highest BCUT2D eigenvalue weighted by Gasteiger charge is 2.57. The number of carboxylic acids is 1. The number of carbonyl (C=O) groups excluding carboxylic acids is 1. The Labute approximate surface area is 142 Å². The number of aliphatic carboxylic acids is 1. The summed E-state index contributed by atoms with van der Waals surface area (Å²) in [5.41, 5.74) is 0.816. The van der Waals surface area contributed by atoms with E-state index in [9.17, 15) is 14.7 Å². The molecule has 0 saturated heterocycles. The van der Waals surface area contributed by atoms with Gasteiger partial charge in [0.05, 0.1) is 5.54 Å². The van der Waals surface area contributed by atoms with Gasteiger partial charge in [-0.05, 0) is 37.3 Å². The van der Waals surface area contributed by atoms with E-state index in [1.54, 1.807) is 0 Å². The molecule has 4 rings (SSSR count). The van der Waals surface area contributed by atoms with Gasteiger partial charge in [0, 0.05) is 11.6 Å². The molecule has 1 aliphatic heterocycles. The third-order valence-electron chi connectivity index (χ3n) is 6.39. The molecule has 24 heavy (non-hydrogen) atoms. The fourth-order valence-electron chi connectivity index (χ4n) is 5.45. The molecule has 1 spiro atoms. The Kier molecular flexibility index (Phi) is 3.86. The van der Waals surface area contributed by atoms with Crippen LogP contribution in [0.15, 0.2) is 24.3 Å². The Balaban J connectivity index is 1.88. The molecule has 2 aliphatic carbocycles. The molecule has 4 heteroatoms. The van der Waals surface area contributed by atoms with Crippen molar-refractivity contribution in [3.8, 4) is 0 Å². The molecule has 1 heterocycles. The Morgan fingerprint density at radius 3 is 2.38 bits per heavy atom. The van der Waals surface area contributed by atoms with Crippen LogP contribution in [-0.2, 0) is 4.79 Å². The number of hydrogen-bond acceptors (Lipinski definition) is 2. The first-order valence-corrected chi connectivity index (χ1v) is 9.30.